The molecule has 1 heterocycles. The third-order valence-corrected chi connectivity index (χ3v) is 4.57. The number of rotatable bonds is 7. The van der Waals surface area contributed by atoms with Gasteiger partial charge in [-0.3, -0.25) is 20.4 Å². The van der Waals surface area contributed by atoms with Crippen LogP contribution in [-0.2, 0) is 16.0 Å². The van der Waals surface area contributed by atoms with Crippen LogP contribution in [0.3, 0.4) is 0 Å². The SMILES string of the molecule is CSc1nc(C)c(CCC(=O)NNC(=O)[C@@H](C)Oc2ccccc2F)c(C)n1. The van der Waals surface area contributed by atoms with E-state index in [0.717, 1.165) is 17.0 Å². The Labute approximate surface area is 167 Å². The molecule has 0 aliphatic carbocycles. The lowest BCUT2D eigenvalue weighted by atomic mass is 10.1. The van der Waals surface area contributed by atoms with E-state index in [1.54, 1.807) is 6.07 Å². The molecule has 0 saturated carbocycles. The summed E-state index contributed by atoms with van der Waals surface area (Å²) in [7, 11) is 0. The molecule has 0 spiro atoms. The van der Waals surface area contributed by atoms with E-state index in [-0.39, 0.29) is 18.1 Å². The number of hydrogen-bond donors (Lipinski definition) is 2. The number of ether oxygens (including phenoxy) is 1. The molecule has 7 nitrogen and oxygen atoms in total. The second-order valence-electron chi connectivity index (χ2n) is 6.09. The second kappa shape index (κ2) is 10.0. The zero-order chi connectivity index (χ0) is 20.7. The van der Waals surface area contributed by atoms with Crippen molar-refractivity contribution in [1.29, 1.82) is 0 Å². The normalized spacial score (nSPS) is 11.6. The summed E-state index contributed by atoms with van der Waals surface area (Å²) in [6.45, 7) is 5.22. The topological polar surface area (TPSA) is 93.2 Å². The van der Waals surface area contributed by atoms with Crippen molar-refractivity contribution in [2.45, 2.75) is 44.9 Å². The Hall–Kier alpha value is -2.68. The molecule has 0 radical (unpaired) electrons. The molecule has 2 N–H and O–H groups in total. The number of nitrogens with zero attached hydrogens (tertiary/aromatic N) is 2. The fourth-order valence-electron chi connectivity index (χ4n) is 2.48. The maximum absolute atomic E-state index is 13.6. The molecule has 28 heavy (non-hydrogen) atoms. The van der Waals surface area contributed by atoms with Gasteiger partial charge in [-0.25, -0.2) is 14.4 Å². The van der Waals surface area contributed by atoms with Gasteiger partial charge in [-0.15, -0.1) is 0 Å². The number of halogens is 1. The van der Waals surface area contributed by atoms with Gasteiger partial charge in [0.25, 0.3) is 5.91 Å². The van der Waals surface area contributed by atoms with Crippen LogP contribution in [0.25, 0.3) is 0 Å². The van der Waals surface area contributed by atoms with E-state index in [2.05, 4.69) is 20.8 Å². The third-order valence-electron chi connectivity index (χ3n) is 4.02. The van der Waals surface area contributed by atoms with Crippen molar-refractivity contribution in [1.82, 2.24) is 20.8 Å². The Morgan fingerprint density at radius 2 is 1.82 bits per heavy atom. The van der Waals surface area contributed by atoms with Gasteiger partial charge in [0.2, 0.25) is 5.91 Å². The van der Waals surface area contributed by atoms with Gasteiger partial charge in [0.15, 0.2) is 22.8 Å². The van der Waals surface area contributed by atoms with Gasteiger partial charge < -0.3 is 4.74 Å². The Morgan fingerprint density at radius 1 is 1.18 bits per heavy atom. The summed E-state index contributed by atoms with van der Waals surface area (Å²) < 4.78 is 18.8. The number of para-hydroxylation sites is 1. The molecule has 150 valence electrons. The lowest BCUT2D eigenvalue weighted by molar-refractivity contribution is -0.132. The van der Waals surface area contributed by atoms with Gasteiger partial charge in [-0.2, -0.15) is 0 Å². The standard InChI is InChI=1S/C19H23FN4O3S/c1-11-14(12(2)22-19(21-11)28-4)9-10-17(25)23-24-18(26)13(3)27-16-8-6-5-7-15(16)20/h5-8,13H,9-10H2,1-4H3,(H,23,25)(H,24,26)/t13-/m1/s1. The van der Waals surface area contributed by atoms with Crippen LogP contribution in [0.15, 0.2) is 29.4 Å². The first-order chi connectivity index (χ1) is 13.3. The smallest absolute Gasteiger partial charge is 0.279 e. The lowest BCUT2D eigenvalue weighted by Crippen LogP contribution is -2.47. The Balaban J connectivity index is 1.82. The number of nitrogens with one attached hydrogen (secondary N) is 2. The van der Waals surface area contributed by atoms with Crippen LogP contribution in [0, 0.1) is 19.7 Å². The van der Waals surface area contributed by atoms with Crippen molar-refractivity contribution in [3.05, 3.63) is 47.0 Å². The summed E-state index contributed by atoms with van der Waals surface area (Å²) in [5.41, 5.74) is 7.20. The van der Waals surface area contributed by atoms with E-state index in [0.29, 0.717) is 11.6 Å². The van der Waals surface area contributed by atoms with Crippen LogP contribution in [0.2, 0.25) is 0 Å². The Morgan fingerprint density at radius 3 is 2.43 bits per heavy atom. The van der Waals surface area contributed by atoms with E-state index >= 15 is 0 Å². The highest BCUT2D eigenvalue weighted by molar-refractivity contribution is 7.98. The summed E-state index contributed by atoms with van der Waals surface area (Å²) in [6.07, 6.45) is 1.54. The van der Waals surface area contributed by atoms with Crippen molar-refractivity contribution in [3.63, 3.8) is 0 Å². The monoisotopic (exact) mass is 406 g/mol. The van der Waals surface area contributed by atoms with Gasteiger partial charge in [0, 0.05) is 17.8 Å². The second-order valence-corrected chi connectivity index (χ2v) is 6.86. The molecule has 9 heteroatoms. The Bertz CT molecular complexity index is 840. The summed E-state index contributed by atoms with van der Waals surface area (Å²) >= 11 is 1.46. The molecule has 1 aromatic carbocycles. The molecule has 0 bridgehead atoms. The molecule has 1 aromatic heterocycles. The molecular formula is C19H23FN4O3S. The van der Waals surface area contributed by atoms with Gasteiger partial charge in [-0.05, 0) is 51.1 Å². The summed E-state index contributed by atoms with van der Waals surface area (Å²) in [4.78, 5) is 32.8. The number of carbonyl (C=O) groups is 2. The summed E-state index contributed by atoms with van der Waals surface area (Å²) in [5.74, 6) is -1.54. The highest BCUT2D eigenvalue weighted by Crippen LogP contribution is 2.18. The molecule has 0 aliphatic rings. The number of thioether (sulfide) groups is 1. The van der Waals surface area contributed by atoms with Crippen LogP contribution in [0.1, 0.15) is 30.3 Å². The van der Waals surface area contributed by atoms with Crippen LogP contribution in [0.5, 0.6) is 5.75 Å². The highest BCUT2D eigenvalue weighted by Gasteiger charge is 2.17. The van der Waals surface area contributed by atoms with E-state index in [1.165, 1.54) is 36.9 Å². The number of benzene rings is 1. The highest BCUT2D eigenvalue weighted by atomic mass is 32.2. The molecule has 0 saturated heterocycles. The predicted octanol–water partition coefficient (Wildman–Crippen LogP) is 2.50. The van der Waals surface area contributed by atoms with E-state index in [1.807, 2.05) is 20.1 Å². The van der Waals surface area contributed by atoms with Crippen molar-refractivity contribution in [2.24, 2.45) is 0 Å². The van der Waals surface area contributed by atoms with Crippen LogP contribution < -0.4 is 15.6 Å². The molecule has 2 aromatic rings. The molecule has 0 aliphatic heterocycles. The average molecular weight is 406 g/mol. The minimum atomic E-state index is -0.978. The quantitative estimate of drug-likeness (QED) is 0.417. The largest absolute Gasteiger partial charge is 0.478 e. The molecule has 0 unspecified atom stereocenters. The average Bonchev–Trinajstić information content (AvgIpc) is 2.66. The zero-order valence-corrected chi connectivity index (χ0v) is 17.0. The molecule has 2 amide bonds. The van der Waals surface area contributed by atoms with E-state index in [4.69, 9.17) is 4.74 Å². The number of hydrazine groups is 1. The van der Waals surface area contributed by atoms with Crippen molar-refractivity contribution in [2.75, 3.05) is 6.26 Å². The number of aromatic nitrogens is 2. The summed E-state index contributed by atoms with van der Waals surface area (Å²) in [5, 5.41) is 0.694. The zero-order valence-electron chi connectivity index (χ0n) is 16.2. The van der Waals surface area contributed by atoms with Gasteiger partial charge in [-0.1, -0.05) is 23.9 Å². The van der Waals surface area contributed by atoms with Gasteiger partial charge >= 0.3 is 0 Å². The lowest BCUT2D eigenvalue weighted by Gasteiger charge is -2.15. The minimum Gasteiger partial charge on any atom is -0.478 e. The maximum Gasteiger partial charge on any atom is 0.279 e. The molecule has 0 fully saturated rings. The molecule has 2 rings (SSSR count). The molecule has 1 atom stereocenters. The number of hydrogen-bond acceptors (Lipinski definition) is 6. The maximum atomic E-state index is 13.6. The fourth-order valence-corrected chi connectivity index (χ4v) is 2.94. The third kappa shape index (κ3) is 5.91. The van der Waals surface area contributed by atoms with Crippen molar-refractivity contribution < 1.29 is 18.7 Å². The van der Waals surface area contributed by atoms with Crippen molar-refractivity contribution >= 4 is 23.6 Å². The number of aryl methyl sites for hydroxylation is 2. The Kier molecular flexibility index (Phi) is 7.74. The van der Waals surface area contributed by atoms with Crippen LogP contribution in [0.4, 0.5) is 4.39 Å². The van der Waals surface area contributed by atoms with Crippen LogP contribution >= 0.6 is 11.8 Å². The number of carbonyl (C=O) groups excluding carboxylic acids is 2. The summed E-state index contributed by atoms with van der Waals surface area (Å²) in [6, 6.07) is 5.79. The van der Waals surface area contributed by atoms with Crippen molar-refractivity contribution in [3.8, 4) is 5.75 Å². The van der Waals surface area contributed by atoms with E-state index < -0.39 is 17.8 Å². The first kappa shape index (κ1) is 21.6. The fraction of sp³-hybridized carbons (Fsp3) is 0.368. The predicted molar refractivity (Wildman–Crippen MR) is 104 cm³/mol. The minimum absolute atomic E-state index is 0.0314. The number of amides is 2. The molecular weight excluding hydrogens is 383 g/mol. The van der Waals surface area contributed by atoms with Gasteiger partial charge in [0.1, 0.15) is 0 Å². The van der Waals surface area contributed by atoms with Gasteiger partial charge in [0.05, 0.1) is 0 Å². The van der Waals surface area contributed by atoms with E-state index in [9.17, 15) is 14.0 Å². The first-order valence-corrected chi connectivity index (χ1v) is 9.92. The first-order valence-electron chi connectivity index (χ1n) is 8.69. The van der Waals surface area contributed by atoms with Crippen LogP contribution in [-0.4, -0.2) is 34.1 Å².